The van der Waals surface area contributed by atoms with Crippen LogP contribution in [0.15, 0.2) is 60.7 Å². The van der Waals surface area contributed by atoms with Crippen LogP contribution in [0.2, 0.25) is 0 Å². The molecule has 0 saturated heterocycles. The lowest BCUT2D eigenvalue weighted by Crippen LogP contribution is -2.62. The second kappa shape index (κ2) is 7.75. The van der Waals surface area contributed by atoms with Crippen LogP contribution in [0.5, 0.6) is 11.5 Å². The molecule has 168 valence electrons. The molecule has 0 spiro atoms. The molecule has 0 fully saturated rings. The summed E-state index contributed by atoms with van der Waals surface area (Å²) in [6.07, 6.45) is 0. The molecule has 0 aromatic heterocycles. The molecule has 8 nitrogen and oxygen atoms in total. The van der Waals surface area contributed by atoms with E-state index in [1.807, 2.05) is 0 Å². The van der Waals surface area contributed by atoms with Crippen molar-refractivity contribution >= 4 is 23.3 Å². The lowest BCUT2D eigenvalue weighted by molar-refractivity contribution is -0.140. The van der Waals surface area contributed by atoms with Gasteiger partial charge in [0.05, 0.1) is 5.69 Å². The van der Waals surface area contributed by atoms with E-state index in [1.54, 1.807) is 24.3 Å². The fourth-order valence-corrected chi connectivity index (χ4v) is 3.88. The van der Waals surface area contributed by atoms with Crippen molar-refractivity contribution in [3.8, 4) is 11.5 Å². The topological polar surface area (TPSA) is 100 Å². The number of urea groups is 1. The standard InChI is InChI=1S/C23H17F2N3O5/c24-15-5-3-6-16(25)20(15)28-22(30)27-17-7-2-1-4-14(17)23(28,31)21(29)26-11-13-8-9-18-19(10-13)33-12-32-18/h1-10,31H,11-12H2,(H,26,29)(H,27,30). The Bertz CT molecular complexity index is 1260. The van der Waals surface area contributed by atoms with Gasteiger partial charge in [0.2, 0.25) is 6.79 Å². The summed E-state index contributed by atoms with van der Waals surface area (Å²) in [4.78, 5) is 26.6. The molecule has 0 saturated carbocycles. The molecular weight excluding hydrogens is 436 g/mol. The highest BCUT2D eigenvalue weighted by molar-refractivity contribution is 6.12. The summed E-state index contributed by atoms with van der Waals surface area (Å²) < 4.78 is 39.8. The molecule has 0 radical (unpaired) electrons. The van der Waals surface area contributed by atoms with Crippen molar-refractivity contribution in [2.75, 3.05) is 17.0 Å². The second-order valence-corrected chi connectivity index (χ2v) is 7.42. The Labute approximate surface area is 186 Å². The third-order valence-electron chi connectivity index (χ3n) is 5.44. The number of anilines is 2. The average Bonchev–Trinajstić information content (AvgIpc) is 3.27. The Balaban J connectivity index is 1.54. The normalized spacial score (nSPS) is 18.5. The minimum absolute atomic E-state index is 0.0459. The molecule has 3 aromatic rings. The van der Waals surface area contributed by atoms with Gasteiger partial charge in [0.25, 0.3) is 11.6 Å². The quantitative estimate of drug-likeness (QED) is 0.564. The third kappa shape index (κ3) is 3.31. The number of carbonyl (C=O) groups excluding carboxylic acids is 2. The zero-order valence-corrected chi connectivity index (χ0v) is 17.0. The van der Waals surface area contributed by atoms with E-state index < -0.39 is 35.0 Å². The highest BCUT2D eigenvalue weighted by atomic mass is 19.1. The summed E-state index contributed by atoms with van der Waals surface area (Å²) in [7, 11) is 0. The molecule has 1 unspecified atom stereocenters. The van der Waals surface area contributed by atoms with Crippen LogP contribution in [0, 0.1) is 11.6 Å². The van der Waals surface area contributed by atoms with Gasteiger partial charge in [-0.25, -0.2) is 18.5 Å². The van der Waals surface area contributed by atoms with Crippen LogP contribution < -0.4 is 25.0 Å². The molecule has 5 rings (SSSR count). The number of hydrogen-bond donors (Lipinski definition) is 3. The molecule has 3 amide bonds. The molecule has 3 N–H and O–H groups in total. The van der Waals surface area contributed by atoms with Crippen molar-refractivity contribution in [1.29, 1.82) is 0 Å². The predicted octanol–water partition coefficient (Wildman–Crippen LogP) is 3.21. The number of hydrogen-bond acceptors (Lipinski definition) is 5. The molecule has 10 heteroatoms. The van der Waals surface area contributed by atoms with E-state index in [1.165, 1.54) is 18.2 Å². The van der Waals surface area contributed by atoms with Crippen molar-refractivity contribution in [3.05, 3.63) is 83.4 Å². The van der Waals surface area contributed by atoms with E-state index in [0.29, 0.717) is 22.0 Å². The van der Waals surface area contributed by atoms with E-state index in [-0.39, 0.29) is 24.6 Å². The maximum Gasteiger partial charge on any atom is 0.329 e. The van der Waals surface area contributed by atoms with Gasteiger partial charge >= 0.3 is 6.03 Å². The lowest BCUT2D eigenvalue weighted by Gasteiger charge is -2.42. The zero-order chi connectivity index (χ0) is 23.2. The number of rotatable bonds is 4. The molecule has 0 aliphatic carbocycles. The number of fused-ring (bicyclic) bond motifs is 2. The summed E-state index contributed by atoms with van der Waals surface area (Å²) in [5.74, 6) is -2.23. The molecule has 1 atom stereocenters. The summed E-state index contributed by atoms with van der Waals surface area (Å²) in [6.45, 7) is 0.0229. The van der Waals surface area contributed by atoms with E-state index in [2.05, 4.69) is 10.6 Å². The molecule has 0 bridgehead atoms. The summed E-state index contributed by atoms with van der Waals surface area (Å²) in [5.41, 5.74) is -2.89. The Morgan fingerprint density at radius 1 is 1.06 bits per heavy atom. The SMILES string of the molecule is O=C1Nc2ccccc2C(O)(C(=O)NCc2ccc3c(c2)OCO3)N1c1c(F)cccc1F. The van der Waals surface area contributed by atoms with Gasteiger partial charge < -0.3 is 25.2 Å². The van der Waals surface area contributed by atoms with E-state index >= 15 is 0 Å². The minimum atomic E-state index is -2.74. The zero-order valence-electron chi connectivity index (χ0n) is 17.0. The van der Waals surface area contributed by atoms with E-state index in [9.17, 15) is 23.5 Å². The van der Waals surface area contributed by atoms with Crippen LogP contribution in [0.3, 0.4) is 0 Å². The van der Waals surface area contributed by atoms with Crippen LogP contribution in [-0.4, -0.2) is 23.8 Å². The number of para-hydroxylation sites is 2. The van der Waals surface area contributed by atoms with Gasteiger partial charge in [-0.15, -0.1) is 0 Å². The Kier molecular flexibility index (Phi) is 4.86. The van der Waals surface area contributed by atoms with Crippen LogP contribution in [0.25, 0.3) is 0 Å². The smallest absolute Gasteiger partial charge is 0.329 e. The highest BCUT2D eigenvalue weighted by Crippen LogP contribution is 2.41. The van der Waals surface area contributed by atoms with E-state index in [4.69, 9.17) is 9.47 Å². The number of nitrogens with one attached hydrogen (secondary N) is 2. The van der Waals surface area contributed by atoms with Gasteiger partial charge in [-0.3, -0.25) is 4.79 Å². The van der Waals surface area contributed by atoms with Crippen molar-refractivity contribution in [2.45, 2.75) is 12.3 Å². The third-order valence-corrected chi connectivity index (χ3v) is 5.44. The number of ether oxygens (including phenoxy) is 2. The maximum absolute atomic E-state index is 14.6. The van der Waals surface area contributed by atoms with Gasteiger partial charge in [0, 0.05) is 12.1 Å². The van der Waals surface area contributed by atoms with Crippen molar-refractivity contribution in [3.63, 3.8) is 0 Å². The first-order chi connectivity index (χ1) is 15.9. The molecule has 33 heavy (non-hydrogen) atoms. The number of benzene rings is 3. The van der Waals surface area contributed by atoms with Crippen LogP contribution in [-0.2, 0) is 17.1 Å². The molecule has 2 heterocycles. The van der Waals surface area contributed by atoms with Crippen molar-refractivity contribution in [2.24, 2.45) is 0 Å². The van der Waals surface area contributed by atoms with Gasteiger partial charge in [-0.05, 0) is 35.9 Å². The summed E-state index contributed by atoms with van der Waals surface area (Å²) in [6, 6.07) is 12.9. The maximum atomic E-state index is 14.6. The predicted molar refractivity (Wildman–Crippen MR) is 113 cm³/mol. The second-order valence-electron chi connectivity index (χ2n) is 7.42. The van der Waals surface area contributed by atoms with Crippen LogP contribution in [0.4, 0.5) is 25.0 Å². The van der Waals surface area contributed by atoms with Gasteiger partial charge in [-0.2, -0.15) is 0 Å². The van der Waals surface area contributed by atoms with Gasteiger partial charge in [0.15, 0.2) is 11.5 Å². The Morgan fingerprint density at radius 2 is 1.79 bits per heavy atom. The van der Waals surface area contributed by atoms with Gasteiger partial charge in [-0.1, -0.05) is 30.3 Å². The molecule has 3 aromatic carbocycles. The van der Waals surface area contributed by atoms with Crippen LogP contribution >= 0.6 is 0 Å². The monoisotopic (exact) mass is 453 g/mol. The number of aliphatic hydroxyl groups is 1. The molecule has 2 aliphatic rings. The fraction of sp³-hybridized carbons (Fsp3) is 0.130. The fourth-order valence-electron chi connectivity index (χ4n) is 3.88. The Hall–Kier alpha value is -4.18. The largest absolute Gasteiger partial charge is 0.454 e. The Morgan fingerprint density at radius 3 is 2.58 bits per heavy atom. The first-order valence-electron chi connectivity index (χ1n) is 9.93. The molecular formula is C23H17F2N3O5. The first-order valence-corrected chi connectivity index (χ1v) is 9.93. The number of nitrogens with zero attached hydrogens (tertiary/aromatic N) is 1. The van der Waals surface area contributed by atoms with Crippen LogP contribution in [0.1, 0.15) is 11.1 Å². The van der Waals surface area contributed by atoms with Gasteiger partial charge in [0.1, 0.15) is 17.3 Å². The van der Waals surface area contributed by atoms with Crippen molar-refractivity contribution < 1.29 is 33.0 Å². The van der Waals surface area contributed by atoms with E-state index in [0.717, 1.165) is 18.2 Å². The average molecular weight is 453 g/mol. The minimum Gasteiger partial charge on any atom is -0.454 e. The summed E-state index contributed by atoms with van der Waals surface area (Å²) >= 11 is 0. The molecule has 2 aliphatic heterocycles. The van der Waals surface area contributed by atoms with Crippen molar-refractivity contribution in [1.82, 2.24) is 5.32 Å². The summed E-state index contributed by atoms with van der Waals surface area (Å²) in [5, 5.41) is 16.6. The first kappa shape index (κ1) is 20.7. The number of amides is 3. The lowest BCUT2D eigenvalue weighted by atomic mass is 9.94. The number of carbonyl (C=O) groups is 2. The number of halogens is 2. The highest BCUT2D eigenvalue weighted by Gasteiger charge is 2.53.